The Hall–Kier alpha value is -1.55. The van der Waals surface area contributed by atoms with Crippen LogP contribution in [0.25, 0.3) is 11.4 Å². The van der Waals surface area contributed by atoms with Crippen LogP contribution in [0.1, 0.15) is 25.1 Å². The summed E-state index contributed by atoms with van der Waals surface area (Å²) in [4.78, 5) is 8.91. The normalized spacial score (nSPS) is 10.9. The maximum atomic E-state index is 5.87. The average Bonchev–Trinajstić information content (AvgIpc) is 2.36. The van der Waals surface area contributed by atoms with E-state index in [0.717, 1.165) is 17.0 Å². The van der Waals surface area contributed by atoms with Gasteiger partial charge in [-0.05, 0) is 12.2 Å². The Morgan fingerprint density at radius 3 is 2.47 bits per heavy atom. The molecule has 19 heavy (non-hydrogen) atoms. The molecule has 2 rings (SSSR count). The van der Waals surface area contributed by atoms with E-state index in [9.17, 15) is 0 Å². The third-order valence-corrected chi connectivity index (χ3v) is 3.80. The van der Waals surface area contributed by atoms with Crippen LogP contribution in [0.5, 0.6) is 0 Å². The van der Waals surface area contributed by atoms with Crippen LogP contribution < -0.4 is 5.73 Å². The molecular formula is C15H19N3S. The molecule has 0 bridgehead atoms. The minimum atomic E-state index is 0.532. The molecule has 100 valence electrons. The van der Waals surface area contributed by atoms with Gasteiger partial charge in [0.15, 0.2) is 5.82 Å². The summed E-state index contributed by atoms with van der Waals surface area (Å²) in [5, 5.41) is 0.582. The van der Waals surface area contributed by atoms with Crippen molar-refractivity contribution in [1.82, 2.24) is 9.97 Å². The van der Waals surface area contributed by atoms with Crippen molar-refractivity contribution >= 4 is 17.6 Å². The summed E-state index contributed by atoms with van der Waals surface area (Å²) in [6.45, 7) is 6.42. The second-order valence-corrected chi connectivity index (χ2v) is 6.40. The van der Waals surface area contributed by atoms with Crippen molar-refractivity contribution in [3.8, 4) is 11.4 Å². The number of hydrogen-bond donors (Lipinski definition) is 1. The van der Waals surface area contributed by atoms with Crippen LogP contribution >= 0.6 is 11.8 Å². The number of anilines is 1. The zero-order chi connectivity index (χ0) is 13.8. The highest BCUT2D eigenvalue weighted by Gasteiger charge is 2.06. The number of rotatable bonds is 4. The van der Waals surface area contributed by atoms with Crippen molar-refractivity contribution < 1.29 is 0 Å². The topological polar surface area (TPSA) is 51.8 Å². The van der Waals surface area contributed by atoms with Crippen molar-refractivity contribution in [3.05, 3.63) is 41.6 Å². The molecule has 2 aromatic rings. The Morgan fingerprint density at radius 2 is 1.84 bits per heavy atom. The second-order valence-electron chi connectivity index (χ2n) is 4.83. The highest BCUT2D eigenvalue weighted by atomic mass is 32.2. The maximum Gasteiger partial charge on any atom is 0.161 e. The molecule has 0 spiro atoms. The zero-order valence-electron chi connectivity index (χ0n) is 11.6. The molecule has 1 aromatic carbocycles. The van der Waals surface area contributed by atoms with Gasteiger partial charge in [-0.2, -0.15) is 11.8 Å². The molecule has 0 saturated carbocycles. The van der Waals surface area contributed by atoms with Gasteiger partial charge in [-0.1, -0.05) is 43.7 Å². The summed E-state index contributed by atoms with van der Waals surface area (Å²) in [7, 11) is 0. The van der Waals surface area contributed by atoms with Crippen molar-refractivity contribution in [2.75, 3.05) is 5.73 Å². The predicted octanol–water partition coefficient (Wildman–Crippen LogP) is 3.68. The predicted molar refractivity (Wildman–Crippen MR) is 83.0 cm³/mol. The Morgan fingerprint density at radius 1 is 1.16 bits per heavy atom. The summed E-state index contributed by atoms with van der Waals surface area (Å²) in [5.41, 5.74) is 9.09. The summed E-state index contributed by atoms with van der Waals surface area (Å²) in [6.07, 6.45) is 0. The van der Waals surface area contributed by atoms with Gasteiger partial charge in [0.1, 0.15) is 5.82 Å². The summed E-state index contributed by atoms with van der Waals surface area (Å²) >= 11 is 1.85. The van der Waals surface area contributed by atoms with Crippen LogP contribution in [0.4, 0.5) is 5.82 Å². The SMILES string of the molecule is Cc1ccc(-c2nc(N)cc(CSC(C)C)n2)cc1. The van der Waals surface area contributed by atoms with E-state index in [-0.39, 0.29) is 0 Å². The Labute approximate surface area is 118 Å². The third kappa shape index (κ3) is 3.96. The van der Waals surface area contributed by atoms with E-state index in [2.05, 4.69) is 42.9 Å². The lowest BCUT2D eigenvalue weighted by Gasteiger charge is -2.07. The lowest BCUT2D eigenvalue weighted by Crippen LogP contribution is -2.00. The first-order chi connectivity index (χ1) is 9.04. The number of nitrogen functional groups attached to an aromatic ring is 1. The first-order valence-corrected chi connectivity index (χ1v) is 7.41. The quantitative estimate of drug-likeness (QED) is 0.923. The molecule has 2 N–H and O–H groups in total. The van der Waals surface area contributed by atoms with Crippen LogP contribution in [0.2, 0.25) is 0 Å². The molecule has 0 atom stereocenters. The van der Waals surface area contributed by atoms with Gasteiger partial charge in [-0.15, -0.1) is 0 Å². The molecule has 1 heterocycles. The number of nitrogens with two attached hydrogens (primary N) is 1. The van der Waals surface area contributed by atoms with E-state index in [4.69, 9.17) is 5.73 Å². The average molecular weight is 273 g/mol. The molecule has 0 aliphatic carbocycles. The molecule has 0 fully saturated rings. The maximum absolute atomic E-state index is 5.87. The fourth-order valence-electron chi connectivity index (χ4n) is 1.68. The van der Waals surface area contributed by atoms with E-state index in [0.29, 0.717) is 16.9 Å². The number of aromatic nitrogens is 2. The van der Waals surface area contributed by atoms with Crippen LogP contribution in [-0.4, -0.2) is 15.2 Å². The van der Waals surface area contributed by atoms with Crippen LogP contribution in [0.3, 0.4) is 0 Å². The molecule has 4 heteroatoms. The monoisotopic (exact) mass is 273 g/mol. The van der Waals surface area contributed by atoms with Crippen molar-refractivity contribution in [2.24, 2.45) is 0 Å². The van der Waals surface area contributed by atoms with Crippen molar-refractivity contribution in [1.29, 1.82) is 0 Å². The minimum Gasteiger partial charge on any atom is -0.384 e. The fraction of sp³-hybridized carbons (Fsp3) is 0.333. The molecule has 3 nitrogen and oxygen atoms in total. The molecule has 0 unspecified atom stereocenters. The van der Waals surface area contributed by atoms with Gasteiger partial charge in [0.25, 0.3) is 0 Å². The Kier molecular flexibility index (Phi) is 4.43. The lowest BCUT2D eigenvalue weighted by molar-refractivity contribution is 1.08. The fourth-order valence-corrected chi connectivity index (χ4v) is 2.33. The first-order valence-electron chi connectivity index (χ1n) is 6.36. The van der Waals surface area contributed by atoms with E-state index in [1.807, 2.05) is 30.0 Å². The van der Waals surface area contributed by atoms with Gasteiger partial charge in [0.05, 0.1) is 5.69 Å². The van der Waals surface area contributed by atoms with E-state index < -0.39 is 0 Å². The molecule has 0 radical (unpaired) electrons. The number of hydrogen-bond acceptors (Lipinski definition) is 4. The zero-order valence-corrected chi connectivity index (χ0v) is 12.4. The lowest BCUT2D eigenvalue weighted by atomic mass is 10.1. The molecule has 0 saturated heterocycles. The van der Waals surface area contributed by atoms with Crippen LogP contribution in [-0.2, 0) is 5.75 Å². The van der Waals surface area contributed by atoms with E-state index in [1.165, 1.54) is 5.56 Å². The van der Waals surface area contributed by atoms with Crippen molar-refractivity contribution in [2.45, 2.75) is 31.8 Å². The van der Waals surface area contributed by atoms with Crippen LogP contribution in [0.15, 0.2) is 30.3 Å². The molecule has 0 amide bonds. The van der Waals surface area contributed by atoms with E-state index >= 15 is 0 Å². The molecule has 0 aliphatic heterocycles. The van der Waals surface area contributed by atoms with Gasteiger partial charge in [0, 0.05) is 17.4 Å². The number of nitrogens with zero attached hydrogens (tertiary/aromatic N) is 2. The highest BCUT2D eigenvalue weighted by Crippen LogP contribution is 2.21. The molecular weight excluding hydrogens is 254 g/mol. The number of aryl methyl sites for hydroxylation is 1. The first kappa shape index (κ1) is 13.9. The summed E-state index contributed by atoms with van der Waals surface area (Å²) < 4.78 is 0. The standard InChI is InChI=1S/C15H19N3S/c1-10(2)19-9-13-8-14(16)18-15(17-13)12-6-4-11(3)5-7-12/h4-8,10H,9H2,1-3H3,(H2,16,17,18). The smallest absolute Gasteiger partial charge is 0.161 e. The third-order valence-electron chi connectivity index (χ3n) is 2.67. The van der Waals surface area contributed by atoms with Gasteiger partial charge in [0.2, 0.25) is 0 Å². The van der Waals surface area contributed by atoms with Gasteiger partial charge >= 0.3 is 0 Å². The molecule has 1 aromatic heterocycles. The van der Waals surface area contributed by atoms with Crippen molar-refractivity contribution in [3.63, 3.8) is 0 Å². The van der Waals surface area contributed by atoms with Gasteiger partial charge in [-0.25, -0.2) is 9.97 Å². The Bertz CT molecular complexity index is 550. The second kappa shape index (κ2) is 6.06. The Balaban J connectivity index is 2.28. The summed E-state index contributed by atoms with van der Waals surface area (Å²) in [6, 6.07) is 10.0. The van der Waals surface area contributed by atoms with Crippen LogP contribution in [0, 0.1) is 6.92 Å². The largest absolute Gasteiger partial charge is 0.384 e. The molecule has 0 aliphatic rings. The highest BCUT2D eigenvalue weighted by molar-refractivity contribution is 7.99. The number of thioether (sulfide) groups is 1. The minimum absolute atomic E-state index is 0.532. The summed E-state index contributed by atoms with van der Waals surface area (Å²) in [5.74, 6) is 2.10. The number of benzene rings is 1. The van der Waals surface area contributed by atoms with Gasteiger partial charge in [-0.3, -0.25) is 0 Å². The van der Waals surface area contributed by atoms with Gasteiger partial charge < -0.3 is 5.73 Å². The van der Waals surface area contributed by atoms with E-state index in [1.54, 1.807) is 0 Å².